The van der Waals surface area contributed by atoms with Crippen LogP contribution in [0.2, 0.25) is 0 Å². The summed E-state index contributed by atoms with van der Waals surface area (Å²) in [4.78, 5) is 26.7. The molecule has 0 saturated carbocycles. The number of aliphatic hydroxyl groups is 1. The highest BCUT2D eigenvalue weighted by molar-refractivity contribution is 5.83. The average Bonchev–Trinajstić information content (AvgIpc) is 2.72. The van der Waals surface area contributed by atoms with Gasteiger partial charge in [0.1, 0.15) is 5.75 Å². The summed E-state index contributed by atoms with van der Waals surface area (Å²) in [5.74, 6) is 0.489. The Kier molecular flexibility index (Phi) is 8.46. The van der Waals surface area contributed by atoms with E-state index >= 15 is 0 Å². The van der Waals surface area contributed by atoms with E-state index in [2.05, 4.69) is 18.5 Å². The second kappa shape index (κ2) is 10.8. The number of likely N-dealkylation sites (tertiary alicyclic amines) is 1. The first-order chi connectivity index (χ1) is 13.9. The van der Waals surface area contributed by atoms with Crippen LogP contribution in [0.25, 0.3) is 0 Å². The molecular formula is C23H32N2O4. The maximum absolute atomic E-state index is 12.6. The molecule has 6 nitrogen and oxygen atoms in total. The predicted octanol–water partition coefficient (Wildman–Crippen LogP) is 2.48. The molecule has 0 unspecified atom stereocenters. The van der Waals surface area contributed by atoms with Crippen LogP contribution in [-0.4, -0.2) is 54.2 Å². The van der Waals surface area contributed by atoms with Crippen LogP contribution in [0.3, 0.4) is 0 Å². The SMILES string of the molecule is C=CCC(O)(CC=C)CNC(=O)[C@@H]1CCC(=O)N(CCc2ccc(OC)cc2)C1. The zero-order valence-electron chi connectivity index (χ0n) is 17.2. The fraction of sp³-hybridized carbons (Fsp3) is 0.478. The van der Waals surface area contributed by atoms with E-state index in [9.17, 15) is 14.7 Å². The Morgan fingerprint density at radius 1 is 1.31 bits per heavy atom. The van der Waals surface area contributed by atoms with Crippen LogP contribution in [0, 0.1) is 5.92 Å². The van der Waals surface area contributed by atoms with Crippen molar-refractivity contribution in [3.63, 3.8) is 0 Å². The van der Waals surface area contributed by atoms with Crippen molar-refractivity contribution in [2.75, 3.05) is 26.7 Å². The third-order valence-electron chi connectivity index (χ3n) is 5.34. The maximum atomic E-state index is 12.6. The number of carbonyl (C=O) groups is 2. The fourth-order valence-electron chi connectivity index (χ4n) is 3.56. The van der Waals surface area contributed by atoms with Crippen LogP contribution in [0.1, 0.15) is 31.2 Å². The Balaban J connectivity index is 1.88. The number of nitrogens with one attached hydrogen (secondary N) is 1. The van der Waals surface area contributed by atoms with E-state index < -0.39 is 5.60 Å². The van der Waals surface area contributed by atoms with E-state index in [0.29, 0.717) is 38.8 Å². The van der Waals surface area contributed by atoms with Crippen LogP contribution in [0.4, 0.5) is 0 Å². The molecule has 1 aliphatic rings. The van der Waals surface area contributed by atoms with Crippen molar-refractivity contribution in [2.24, 2.45) is 5.92 Å². The lowest BCUT2D eigenvalue weighted by Gasteiger charge is -2.33. The zero-order chi connectivity index (χ0) is 21.3. The molecule has 0 aliphatic carbocycles. The van der Waals surface area contributed by atoms with E-state index in [4.69, 9.17) is 4.74 Å². The van der Waals surface area contributed by atoms with E-state index in [1.807, 2.05) is 24.3 Å². The molecule has 6 heteroatoms. The monoisotopic (exact) mass is 400 g/mol. The number of nitrogens with zero attached hydrogens (tertiary/aromatic N) is 1. The van der Waals surface area contributed by atoms with E-state index in [-0.39, 0.29) is 24.3 Å². The maximum Gasteiger partial charge on any atom is 0.225 e. The first kappa shape index (κ1) is 22.7. The molecule has 1 heterocycles. The summed E-state index contributed by atoms with van der Waals surface area (Å²) in [7, 11) is 1.63. The Hall–Kier alpha value is -2.60. The molecule has 0 bridgehead atoms. The van der Waals surface area contributed by atoms with E-state index in [0.717, 1.165) is 17.7 Å². The topological polar surface area (TPSA) is 78.9 Å². The minimum atomic E-state index is -1.07. The van der Waals surface area contributed by atoms with Crippen molar-refractivity contribution < 1.29 is 19.4 Å². The fourth-order valence-corrected chi connectivity index (χ4v) is 3.56. The lowest BCUT2D eigenvalue weighted by atomic mass is 9.93. The van der Waals surface area contributed by atoms with Gasteiger partial charge in [-0.1, -0.05) is 24.3 Å². The normalized spacial score (nSPS) is 17.0. The van der Waals surface area contributed by atoms with Crippen LogP contribution >= 0.6 is 0 Å². The lowest BCUT2D eigenvalue weighted by Crippen LogP contribution is -2.49. The number of benzene rings is 1. The molecular weight excluding hydrogens is 368 g/mol. The van der Waals surface area contributed by atoms with Gasteiger partial charge in [0.2, 0.25) is 11.8 Å². The molecule has 1 atom stereocenters. The summed E-state index contributed by atoms with van der Waals surface area (Å²) in [6.07, 6.45) is 5.64. The van der Waals surface area contributed by atoms with Gasteiger partial charge in [0.15, 0.2) is 0 Å². The van der Waals surface area contributed by atoms with Crippen molar-refractivity contribution in [1.29, 1.82) is 0 Å². The number of amides is 2. The molecule has 2 rings (SSSR count). The second-order valence-electron chi connectivity index (χ2n) is 7.60. The number of ether oxygens (including phenoxy) is 1. The Labute approximate surface area is 173 Å². The van der Waals surface area contributed by atoms with Gasteiger partial charge in [-0.15, -0.1) is 13.2 Å². The predicted molar refractivity (Wildman–Crippen MR) is 114 cm³/mol. The summed E-state index contributed by atoms with van der Waals surface area (Å²) >= 11 is 0. The third-order valence-corrected chi connectivity index (χ3v) is 5.34. The average molecular weight is 401 g/mol. The van der Waals surface area contributed by atoms with Gasteiger partial charge in [0, 0.05) is 26.1 Å². The quantitative estimate of drug-likeness (QED) is 0.560. The van der Waals surface area contributed by atoms with Crippen molar-refractivity contribution in [3.8, 4) is 5.75 Å². The molecule has 0 aromatic heterocycles. The zero-order valence-corrected chi connectivity index (χ0v) is 17.2. The molecule has 0 radical (unpaired) electrons. The number of carbonyl (C=O) groups excluding carboxylic acids is 2. The lowest BCUT2D eigenvalue weighted by molar-refractivity contribution is -0.138. The highest BCUT2D eigenvalue weighted by Crippen LogP contribution is 2.20. The molecule has 1 aromatic carbocycles. The minimum Gasteiger partial charge on any atom is -0.497 e. The number of rotatable bonds is 11. The number of methoxy groups -OCH3 is 1. The van der Waals surface area contributed by atoms with Gasteiger partial charge in [-0.2, -0.15) is 0 Å². The molecule has 0 spiro atoms. The van der Waals surface area contributed by atoms with E-state index in [1.165, 1.54) is 0 Å². The summed E-state index contributed by atoms with van der Waals surface area (Å²) < 4.78 is 5.16. The smallest absolute Gasteiger partial charge is 0.225 e. The van der Waals surface area contributed by atoms with Crippen LogP contribution in [-0.2, 0) is 16.0 Å². The summed E-state index contributed by atoms with van der Waals surface area (Å²) in [6.45, 7) is 8.44. The molecule has 1 aliphatic heterocycles. The largest absolute Gasteiger partial charge is 0.497 e. The van der Waals surface area contributed by atoms with E-state index in [1.54, 1.807) is 24.2 Å². The molecule has 29 heavy (non-hydrogen) atoms. The molecule has 1 saturated heterocycles. The highest BCUT2D eigenvalue weighted by Gasteiger charge is 2.31. The first-order valence-electron chi connectivity index (χ1n) is 10.0. The van der Waals surface area contributed by atoms with Gasteiger partial charge >= 0.3 is 0 Å². The molecule has 2 N–H and O–H groups in total. The van der Waals surface area contributed by atoms with Crippen molar-refractivity contribution in [2.45, 2.75) is 37.7 Å². The number of hydrogen-bond acceptors (Lipinski definition) is 4. The molecule has 1 aromatic rings. The van der Waals surface area contributed by atoms with Gasteiger partial charge in [0.25, 0.3) is 0 Å². The number of piperidine rings is 1. The van der Waals surface area contributed by atoms with Crippen molar-refractivity contribution in [3.05, 3.63) is 55.1 Å². The molecule has 158 valence electrons. The Morgan fingerprint density at radius 2 is 1.97 bits per heavy atom. The molecule has 2 amide bonds. The standard InChI is InChI=1S/C23H32N2O4/c1-4-13-23(28,14-5-2)17-24-22(27)19-8-11-21(26)25(16-19)15-12-18-6-9-20(29-3)10-7-18/h4-7,9-10,19,28H,1-2,8,11-17H2,3H3,(H,24,27)/t19-/m1/s1. The Bertz CT molecular complexity index is 704. The summed E-state index contributed by atoms with van der Waals surface area (Å²) in [6, 6.07) is 7.77. The van der Waals surface area contributed by atoms with Gasteiger partial charge in [0.05, 0.1) is 18.6 Å². The third kappa shape index (κ3) is 6.75. The number of hydrogen-bond donors (Lipinski definition) is 2. The van der Waals surface area contributed by atoms with Crippen LogP contribution in [0.5, 0.6) is 5.75 Å². The summed E-state index contributed by atoms with van der Waals surface area (Å²) in [5, 5.41) is 13.4. The molecule has 1 fully saturated rings. The summed E-state index contributed by atoms with van der Waals surface area (Å²) in [5.41, 5.74) is 0.0432. The van der Waals surface area contributed by atoms with Crippen LogP contribution < -0.4 is 10.1 Å². The van der Waals surface area contributed by atoms with Gasteiger partial charge in [-0.3, -0.25) is 9.59 Å². The minimum absolute atomic E-state index is 0.0809. The Morgan fingerprint density at radius 3 is 2.55 bits per heavy atom. The second-order valence-corrected chi connectivity index (χ2v) is 7.60. The van der Waals surface area contributed by atoms with Crippen molar-refractivity contribution >= 4 is 11.8 Å². The van der Waals surface area contributed by atoms with Gasteiger partial charge in [-0.05, 0) is 43.4 Å². The van der Waals surface area contributed by atoms with Crippen LogP contribution in [0.15, 0.2) is 49.6 Å². The highest BCUT2D eigenvalue weighted by atomic mass is 16.5. The van der Waals surface area contributed by atoms with Gasteiger partial charge in [-0.25, -0.2) is 0 Å². The first-order valence-corrected chi connectivity index (χ1v) is 10.0. The van der Waals surface area contributed by atoms with Gasteiger partial charge < -0.3 is 20.1 Å². The van der Waals surface area contributed by atoms with Crippen molar-refractivity contribution in [1.82, 2.24) is 10.2 Å².